The van der Waals surface area contributed by atoms with Gasteiger partial charge in [0, 0.05) is 29.6 Å². The number of nitrogens with zero attached hydrogens (tertiary/aromatic N) is 3. The van der Waals surface area contributed by atoms with Crippen molar-refractivity contribution in [3.63, 3.8) is 0 Å². The molecule has 5 aromatic rings. The van der Waals surface area contributed by atoms with E-state index < -0.39 is 11.7 Å². The van der Waals surface area contributed by atoms with Gasteiger partial charge in [0.2, 0.25) is 0 Å². The second kappa shape index (κ2) is 11.0. The van der Waals surface area contributed by atoms with Gasteiger partial charge < -0.3 is 31.1 Å². The van der Waals surface area contributed by atoms with Gasteiger partial charge in [0.1, 0.15) is 28.4 Å². The second-order valence-corrected chi connectivity index (χ2v) is 9.27. The quantitative estimate of drug-likeness (QED) is 0.148. The third-order valence-electron chi connectivity index (χ3n) is 5.90. The molecule has 5 rings (SSSR count). The lowest BCUT2D eigenvalue weighted by molar-refractivity contribution is 0.0971. The number of ether oxygens (including phenoxy) is 1. The number of rotatable bonds is 8. The van der Waals surface area contributed by atoms with Gasteiger partial charge in [0.25, 0.3) is 5.91 Å². The lowest BCUT2D eigenvalue weighted by Crippen LogP contribution is -2.22. The van der Waals surface area contributed by atoms with Crippen LogP contribution in [0, 0.1) is 11.2 Å². The molecule has 0 saturated heterocycles. The molecular formula is C27H23ClFN7O4. The third-order valence-corrected chi connectivity index (χ3v) is 6.20. The normalized spacial score (nSPS) is 11.8. The van der Waals surface area contributed by atoms with Crippen molar-refractivity contribution in [2.75, 3.05) is 17.2 Å². The third kappa shape index (κ3) is 5.44. The zero-order valence-corrected chi connectivity index (χ0v) is 21.7. The monoisotopic (exact) mass is 563 g/mol. The first kappa shape index (κ1) is 26.7. The number of halogens is 2. The Labute approximate surface area is 231 Å². The Kier molecular flexibility index (Phi) is 7.36. The molecule has 3 aromatic heterocycles. The average Bonchev–Trinajstić information content (AvgIpc) is 3.35. The molecule has 0 aliphatic heterocycles. The summed E-state index contributed by atoms with van der Waals surface area (Å²) in [4.78, 5) is 17.3. The molecule has 1 amide bonds. The van der Waals surface area contributed by atoms with Crippen LogP contribution in [-0.4, -0.2) is 48.8 Å². The van der Waals surface area contributed by atoms with Crippen LogP contribution in [0.4, 0.5) is 15.9 Å². The summed E-state index contributed by atoms with van der Waals surface area (Å²) in [7, 11) is 0. The smallest absolute Gasteiger partial charge is 0.275 e. The van der Waals surface area contributed by atoms with Gasteiger partial charge in [-0.05, 0) is 61.5 Å². The molecule has 0 bridgehead atoms. The van der Waals surface area contributed by atoms with Gasteiger partial charge in [-0.2, -0.15) is 9.83 Å². The van der Waals surface area contributed by atoms with Gasteiger partial charge in [-0.25, -0.2) is 9.37 Å². The summed E-state index contributed by atoms with van der Waals surface area (Å²) in [5.74, 6) is -0.00390. The van der Waals surface area contributed by atoms with Crippen LogP contribution in [-0.2, 0) is 0 Å². The Bertz CT molecular complexity index is 1770. The number of fused-ring (bicyclic) bond motifs is 1. The Morgan fingerprint density at radius 1 is 1.18 bits per heavy atom. The van der Waals surface area contributed by atoms with Gasteiger partial charge in [-0.15, -0.1) is 0 Å². The minimum Gasteiger partial charge on any atom is -0.455 e. The Balaban J connectivity index is 1.38. The fourth-order valence-corrected chi connectivity index (χ4v) is 4.16. The highest BCUT2D eigenvalue weighted by atomic mass is 35.5. The minimum absolute atomic E-state index is 0.0262. The number of nitrogens with one attached hydrogen (secondary N) is 4. The lowest BCUT2D eigenvalue weighted by Gasteiger charge is -2.14. The zero-order chi connectivity index (χ0) is 28.4. The zero-order valence-electron chi connectivity index (χ0n) is 20.9. The van der Waals surface area contributed by atoms with Crippen LogP contribution < -0.4 is 20.7 Å². The number of anilines is 2. The molecule has 0 unspecified atom stereocenters. The van der Waals surface area contributed by atoms with E-state index in [0.29, 0.717) is 44.3 Å². The van der Waals surface area contributed by atoms with Crippen LogP contribution in [0.15, 0.2) is 66.9 Å². The topological polar surface area (TPSA) is 161 Å². The number of carbonyl (C=O) groups excluding carboxylic acids is 1. The van der Waals surface area contributed by atoms with Crippen LogP contribution >= 0.6 is 11.6 Å². The van der Waals surface area contributed by atoms with Crippen LogP contribution in [0.25, 0.3) is 22.3 Å². The van der Waals surface area contributed by atoms with E-state index >= 15 is 0 Å². The fraction of sp³-hybridized carbons (Fsp3) is 0.111. The van der Waals surface area contributed by atoms with Crippen molar-refractivity contribution in [1.29, 1.82) is 5.41 Å². The molecule has 11 nitrogen and oxygen atoms in total. The van der Waals surface area contributed by atoms with Crippen molar-refractivity contribution in [2.45, 2.75) is 13.0 Å². The molecule has 0 radical (unpaired) electrons. The first-order valence-electron chi connectivity index (χ1n) is 12.0. The highest BCUT2D eigenvalue weighted by Gasteiger charge is 2.18. The number of pyridine rings is 2. The van der Waals surface area contributed by atoms with Crippen molar-refractivity contribution >= 4 is 40.0 Å². The maximum atomic E-state index is 13.3. The van der Waals surface area contributed by atoms with Gasteiger partial charge in [-0.3, -0.25) is 9.89 Å². The van der Waals surface area contributed by atoms with Crippen LogP contribution in [0.3, 0.4) is 0 Å². The first-order valence-corrected chi connectivity index (χ1v) is 12.4. The number of aliphatic hydroxyl groups excluding tert-OH is 1. The molecule has 6 N–H and O–H groups in total. The summed E-state index contributed by atoms with van der Waals surface area (Å²) in [6.45, 7) is 1.70. The summed E-state index contributed by atoms with van der Waals surface area (Å²) in [5, 5.41) is 41.6. The predicted octanol–water partition coefficient (Wildman–Crippen LogP) is 4.77. The molecule has 0 saturated carbocycles. The van der Waals surface area contributed by atoms with Gasteiger partial charge in [0.05, 0.1) is 22.7 Å². The largest absolute Gasteiger partial charge is 0.455 e. The predicted molar refractivity (Wildman–Crippen MR) is 146 cm³/mol. The summed E-state index contributed by atoms with van der Waals surface area (Å²) in [6.07, 6.45) is 1.54. The molecule has 1 atom stereocenters. The molecular weight excluding hydrogens is 541 g/mol. The highest BCUT2D eigenvalue weighted by molar-refractivity contribution is 6.32. The van der Waals surface area contributed by atoms with Crippen molar-refractivity contribution < 1.29 is 24.2 Å². The van der Waals surface area contributed by atoms with E-state index in [1.165, 1.54) is 42.5 Å². The standard InChI is InChI=1S/C27H23ClFN7O4/c1-14(13-37)32-26-24-23(8-9-31-25(24)34-35-26)40-22-7-6-18(12-19(22)28)33-27(38)21-11-17(30)10-20(36(21)39)15-2-4-16(29)5-3-15/h2-12,14,30,37,39H,13H2,1H3,(H,33,38)(H2,31,32,34,35)/t14-/m1/s1. The molecule has 13 heteroatoms. The van der Waals surface area contributed by atoms with Gasteiger partial charge >= 0.3 is 0 Å². The summed E-state index contributed by atoms with van der Waals surface area (Å²) in [5.41, 5.74) is 1.13. The number of aliphatic hydroxyl groups is 1. The number of aromatic nitrogens is 4. The molecule has 40 heavy (non-hydrogen) atoms. The van der Waals surface area contributed by atoms with Gasteiger partial charge in [-0.1, -0.05) is 11.6 Å². The van der Waals surface area contributed by atoms with Crippen LogP contribution in [0.2, 0.25) is 5.02 Å². The number of amides is 1. The number of H-pyrrole nitrogens is 1. The highest BCUT2D eigenvalue weighted by Crippen LogP contribution is 2.37. The van der Waals surface area contributed by atoms with Crippen molar-refractivity contribution in [3.8, 4) is 22.8 Å². The molecule has 0 spiro atoms. The van der Waals surface area contributed by atoms with E-state index in [0.717, 1.165) is 0 Å². The van der Waals surface area contributed by atoms with E-state index in [2.05, 4.69) is 25.8 Å². The SMILES string of the molecule is C[C@H](CO)Nc1n[nH]c2nccc(Oc3ccc(NC(=O)c4cc(=N)cc(-c5ccc(F)cc5)n4O)cc3Cl)c12. The van der Waals surface area contributed by atoms with Crippen molar-refractivity contribution in [1.82, 2.24) is 19.9 Å². The maximum absolute atomic E-state index is 13.3. The second-order valence-electron chi connectivity index (χ2n) is 8.87. The van der Waals surface area contributed by atoms with E-state index in [4.69, 9.17) is 21.7 Å². The Morgan fingerprint density at radius 2 is 1.95 bits per heavy atom. The average molecular weight is 564 g/mol. The minimum atomic E-state index is -0.701. The summed E-state index contributed by atoms with van der Waals surface area (Å²) < 4.78 is 20.0. The molecule has 0 aliphatic rings. The van der Waals surface area contributed by atoms with E-state index in [-0.39, 0.29) is 34.4 Å². The molecule has 204 valence electrons. The number of carbonyl (C=O) groups is 1. The van der Waals surface area contributed by atoms with E-state index in [9.17, 15) is 19.5 Å². The number of hydrogen-bond donors (Lipinski definition) is 6. The molecule has 0 aliphatic carbocycles. The first-order chi connectivity index (χ1) is 19.2. The molecule has 0 fully saturated rings. The Morgan fingerprint density at radius 3 is 2.67 bits per heavy atom. The summed E-state index contributed by atoms with van der Waals surface area (Å²) in [6, 6.07) is 13.8. The number of benzene rings is 2. The van der Waals surface area contributed by atoms with Crippen LogP contribution in [0.5, 0.6) is 11.5 Å². The van der Waals surface area contributed by atoms with Crippen LogP contribution in [0.1, 0.15) is 17.4 Å². The summed E-state index contributed by atoms with van der Waals surface area (Å²) >= 11 is 6.48. The molecule has 3 heterocycles. The number of hydrogen-bond acceptors (Lipinski definition) is 8. The maximum Gasteiger partial charge on any atom is 0.275 e. The van der Waals surface area contributed by atoms with E-state index in [1.54, 1.807) is 31.3 Å². The van der Waals surface area contributed by atoms with E-state index in [1.807, 2.05) is 0 Å². The number of aromatic amines is 1. The van der Waals surface area contributed by atoms with Crippen molar-refractivity contribution in [2.24, 2.45) is 0 Å². The van der Waals surface area contributed by atoms with Gasteiger partial charge in [0.15, 0.2) is 11.5 Å². The fourth-order valence-electron chi connectivity index (χ4n) is 3.94. The van der Waals surface area contributed by atoms with Crippen molar-refractivity contribution in [3.05, 3.63) is 88.8 Å². The lowest BCUT2D eigenvalue weighted by atomic mass is 10.1. The Hall–Kier alpha value is -4.94. The molecule has 2 aromatic carbocycles.